The fourth-order valence-electron chi connectivity index (χ4n) is 5.30. The molecule has 0 saturated carbocycles. The maximum absolute atomic E-state index is 13.0. The molecule has 1 N–H and O–H groups in total. The Bertz CT molecular complexity index is 1190. The Labute approximate surface area is 202 Å². The van der Waals surface area contributed by atoms with Crippen LogP contribution in [0.1, 0.15) is 42.1 Å². The summed E-state index contributed by atoms with van der Waals surface area (Å²) in [6.45, 7) is 9.80. The number of anilines is 1. The normalized spacial score (nSPS) is 20.4. The summed E-state index contributed by atoms with van der Waals surface area (Å²) in [7, 11) is 0. The average molecular weight is 453 g/mol. The van der Waals surface area contributed by atoms with E-state index in [0.29, 0.717) is 13.0 Å². The number of nitrogens with zero attached hydrogens (tertiary/aromatic N) is 1. The predicted molar refractivity (Wildman–Crippen MR) is 137 cm³/mol. The van der Waals surface area contributed by atoms with E-state index in [-0.39, 0.29) is 17.9 Å². The quantitative estimate of drug-likeness (QED) is 0.473. The number of carbonyl (C=O) groups is 1. The summed E-state index contributed by atoms with van der Waals surface area (Å²) in [5.41, 5.74) is 5.17. The van der Waals surface area contributed by atoms with Crippen LogP contribution in [0.4, 0.5) is 5.69 Å². The predicted octanol–water partition coefficient (Wildman–Crippen LogP) is 5.62. The molecule has 2 aliphatic heterocycles. The number of rotatable bonds is 7. The van der Waals surface area contributed by atoms with Gasteiger partial charge in [0.1, 0.15) is 11.4 Å². The van der Waals surface area contributed by atoms with Gasteiger partial charge in [0, 0.05) is 23.2 Å². The van der Waals surface area contributed by atoms with Crippen LogP contribution in [-0.2, 0) is 24.2 Å². The van der Waals surface area contributed by atoms with Crippen molar-refractivity contribution in [2.45, 2.75) is 44.9 Å². The third-order valence-corrected chi connectivity index (χ3v) is 7.07. The van der Waals surface area contributed by atoms with Crippen LogP contribution in [0.2, 0.25) is 0 Å². The minimum atomic E-state index is -0.403. The van der Waals surface area contributed by atoms with E-state index >= 15 is 0 Å². The summed E-state index contributed by atoms with van der Waals surface area (Å²) in [6.07, 6.45) is 3.36. The standard InChI is InChI=1S/C30H32N2O2/c1-4-25-29(31-16-15-21-11-7-5-8-12-21)24-19-26-23(17-27(24)34-30(25,2)3)18-28(33)32(26)20-22-13-9-6-10-14-22/h4-14,17,19,25,29,31H,1,15-16,18,20H2,2-3H3. The summed E-state index contributed by atoms with van der Waals surface area (Å²) in [6, 6.07) is 25.0. The van der Waals surface area contributed by atoms with Gasteiger partial charge in [0.05, 0.1) is 13.0 Å². The summed E-state index contributed by atoms with van der Waals surface area (Å²) in [5, 5.41) is 3.80. The Morgan fingerprint density at radius 3 is 2.41 bits per heavy atom. The van der Waals surface area contributed by atoms with E-state index in [2.05, 4.69) is 74.3 Å². The molecule has 0 fully saturated rings. The van der Waals surface area contributed by atoms with Crippen LogP contribution in [0, 0.1) is 5.92 Å². The van der Waals surface area contributed by atoms with Crippen LogP contribution in [0.15, 0.2) is 85.5 Å². The van der Waals surface area contributed by atoms with E-state index in [4.69, 9.17) is 4.74 Å². The van der Waals surface area contributed by atoms with E-state index < -0.39 is 5.60 Å². The summed E-state index contributed by atoms with van der Waals surface area (Å²) < 4.78 is 6.49. The first kappa shape index (κ1) is 22.4. The summed E-state index contributed by atoms with van der Waals surface area (Å²) in [4.78, 5) is 14.9. The first-order chi connectivity index (χ1) is 16.5. The summed E-state index contributed by atoms with van der Waals surface area (Å²) >= 11 is 0. The van der Waals surface area contributed by atoms with E-state index in [0.717, 1.165) is 41.1 Å². The Balaban J connectivity index is 1.47. The number of benzene rings is 3. The van der Waals surface area contributed by atoms with Crippen molar-refractivity contribution in [3.8, 4) is 5.75 Å². The average Bonchev–Trinajstić information content (AvgIpc) is 3.12. The molecular weight excluding hydrogens is 420 g/mol. The van der Waals surface area contributed by atoms with E-state index in [1.54, 1.807) is 0 Å². The van der Waals surface area contributed by atoms with Crippen molar-refractivity contribution in [1.82, 2.24) is 5.32 Å². The van der Waals surface area contributed by atoms with Gasteiger partial charge < -0.3 is 15.0 Å². The van der Waals surface area contributed by atoms with Crippen molar-refractivity contribution in [3.05, 3.63) is 108 Å². The zero-order valence-electron chi connectivity index (χ0n) is 20.0. The minimum Gasteiger partial charge on any atom is -0.487 e. The number of fused-ring (bicyclic) bond motifs is 2. The lowest BCUT2D eigenvalue weighted by Gasteiger charge is -2.44. The van der Waals surface area contributed by atoms with Gasteiger partial charge in [-0.15, -0.1) is 6.58 Å². The molecule has 0 aromatic heterocycles. The lowest BCUT2D eigenvalue weighted by molar-refractivity contribution is -0.117. The van der Waals surface area contributed by atoms with Gasteiger partial charge in [0.15, 0.2) is 0 Å². The highest BCUT2D eigenvalue weighted by Crippen LogP contribution is 2.48. The first-order valence-electron chi connectivity index (χ1n) is 12.1. The molecule has 174 valence electrons. The second-order valence-electron chi connectivity index (χ2n) is 9.80. The van der Waals surface area contributed by atoms with Gasteiger partial charge in [-0.3, -0.25) is 4.79 Å². The highest BCUT2D eigenvalue weighted by atomic mass is 16.5. The van der Waals surface area contributed by atoms with Gasteiger partial charge in [-0.25, -0.2) is 0 Å². The van der Waals surface area contributed by atoms with Crippen molar-refractivity contribution in [2.24, 2.45) is 5.92 Å². The number of hydrogen-bond donors (Lipinski definition) is 1. The number of ether oxygens (including phenoxy) is 1. The molecule has 2 heterocycles. The SMILES string of the molecule is C=CC1C(NCCc2ccccc2)c2cc3c(cc2OC1(C)C)CC(=O)N3Cc1ccccc1. The van der Waals surface area contributed by atoms with Crippen molar-refractivity contribution in [2.75, 3.05) is 11.4 Å². The smallest absolute Gasteiger partial charge is 0.231 e. The van der Waals surface area contributed by atoms with Crippen LogP contribution < -0.4 is 15.0 Å². The Kier molecular flexibility index (Phi) is 6.01. The molecule has 5 rings (SSSR count). The zero-order chi connectivity index (χ0) is 23.7. The molecule has 0 aliphatic carbocycles. The molecule has 2 unspecified atom stereocenters. The topological polar surface area (TPSA) is 41.6 Å². The molecule has 34 heavy (non-hydrogen) atoms. The van der Waals surface area contributed by atoms with Crippen molar-refractivity contribution >= 4 is 11.6 Å². The van der Waals surface area contributed by atoms with Crippen LogP contribution in [0.5, 0.6) is 5.75 Å². The molecule has 4 nitrogen and oxygen atoms in total. The van der Waals surface area contributed by atoms with Crippen molar-refractivity contribution < 1.29 is 9.53 Å². The maximum atomic E-state index is 13.0. The van der Waals surface area contributed by atoms with Crippen LogP contribution in [-0.4, -0.2) is 18.1 Å². The molecule has 4 heteroatoms. The first-order valence-corrected chi connectivity index (χ1v) is 12.1. The Hall–Kier alpha value is -3.37. The molecule has 2 aliphatic rings. The highest BCUT2D eigenvalue weighted by molar-refractivity contribution is 6.01. The second kappa shape index (κ2) is 9.11. The second-order valence-corrected chi connectivity index (χ2v) is 9.80. The minimum absolute atomic E-state index is 0.0551. The van der Waals surface area contributed by atoms with Crippen LogP contribution in [0.25, 0.3) is 0 Å². The number of amides is 1. The molecule has 0 spiro atoms. The summed E-state index contributed by atoms with van der Waals surface area (Å²) in [5.74, 6) is 1.09. The van der Waals surface area contributed by atoms with Gasteiger partial charge >= 0.3 is 0 Å². The Morgan fingerprint density at radius 1 is 1.06 bits per heavy atom. The molecule has 2 atom stereocenters. The maximum Gasteiger partial charge on any atom is 0.231 e. The number of hydrogen-bond acceptors (Lipinski definition) is 3. The van der Waals surface area contributed by atoms with Crippen molar-refractivity contribution in [3.63, 3.8) is 0 Å². The van der Waals surface area contributed by atoms with E-state index in [1.807, 2.05) is 35.2 Å². The molecule has 0 saturated heterocycles. The molecule has 0 radical (unpaired) electrons. The molecule has 3 aromatic carbocycles. The van der Waals surface area contributed by atoms with E-state index in [1.165, 1.54) is 5.56 Å². The van der Waals surface area contributed by atoms with E-state index in [9.17, 15) is 4.79 Å². The Morgan fingerprint density at radius 2 is 1.74 bits per heavy atom. The zero-order valence-corrected chi connectivity index (χ0v) is 20.0. The van der Waals surface area contributed by atoms with Crippen LogP contribution >= 0.6 is 0 Å². The molecule has 0 bridgehead atoms. The van der Waals surface area contributed by atoms with Gasteiger partial charge in [-0.2, -0.15) is 0 Å². The number of nitrogens with one attached hydrogen (secondary N) is 1. The third-order valence-electron chi connectivity index (χ3n) is 7.07. The van der Waals surface area contributed by atoms with Gasteiger partial charge in [-0.1, -0.05) is 66.7 Å². The third kappa shape index (κ3) is 4.26. The molecule has 1 amide bonds. The largest absolute Gasteiger partial charge is 0.487 e. The van der Waals surface area contributed by atoms with Gasteiger partial charge in [0.25, 0.3) is 0 Å². The number of carbonyl (C=O) groups excluding carboxylic acids is 1. The fraction of sp³-hybridized carbons (Fsp3) is 0.300. The molecular formula is C30H32N2O2. The fourth-order valence-corrected chi connectivity index (χ4v) is 5.30. The lowest BCUT2D eigenvalue weighted by atomic mass is 9.78. The highest BCUT2D eigenvalue weighted by Gasteiger charge is 2.43. The van der Waals surface area contributed by atoms with Gasteiger partial charge in [0.2, 0.25) is 5.91 Å². The molecule has 3 aromatic rings. The van der Waals surface area contributed by atoms with Crippen molar-refractivity contribution in [1.29, 1.82) is 0 Å². The monoisotopic (exact) mass is 452 g/mol. The lowest BCUT2D eigenvalue weighted by Crippen LogP contribution is -2.48. The van der Waals surface area contributed by atoms with Gasteiger partial charge in [-0.05, 0) is 55.6 Å². The van der Waals surface area contributed by atoms with Crippen LogP contribution in [0.3, 0.4) is 0 Å².